The van der Waals surface area contributed by atoms with Gasteiger partial charge in [-0.2, -0.15) is 0 Å². The highest BCUT2D eigenvalue weighted by molar-refractivity contribution is 5.87. The van der Waals surface area contributed by atoms with Crippen LogP contribution in [0.15, 0.2) is 48.7 Å². The molecule has 0 spiro atoms. The van der Waals surface area contributed by atoms with Gasteiger partial charge in [0.25, 0.3) is 5.91 Å². The Bertz CT molecular complexity index is 1020. The molecule has 1 amide bonds. The molecule has 29 heavy (non-hydrogen) atoms. The van der Waals surface area contributed by atoms with Gasteiger partial charge in [-0.05, 0) is 53.8 Å². The van der Waals surface area contributed by atoms with Gasteiger partial charge in [0.1, 0.15) is 5.75 Å². The van der Waals surface area contributed by atoms with E-state index in [4.69, 9.17) is 4.98 Å². The second-order valence-electron chi connectivity index (χ2n) is 7.36. The van der Waals surface area contributed by atoms with E-state index in [-0.39, 0.29) is 5.75 Å². The monoisotopic (exact) mass is 394 g/mol. The summed E-state index contributed by atoms with van der Waals surface area (Å²) in [5, 5.41) is 14.3. The minimum Gasteiger partial charge on any atom is -0.508 e. The number of benzene rings is 2. The molecule has 0 unspecified atom stereocenters. The van der Waals surface area contributed by atoms with Crippen molar-refractivity contribution >= 4 is 22.6 Å². The number of anilines is 1. The molecule has 0 aliphatic carbocycles. The lowest BCUT2D eigenvalue weighted by atomic mass is 9.97. The van der Waals surface area contributed by atoms with Gasteiger partial charge in [0, 0.05) is 31.4 Å². The smallest absolute Gasteiger partial charge is 0.251 e. The summed E-state index contributed by atoms with van der Waals surface area (Å²) < 4.78 is 12.3. The molecule has 1 aliphatic heterocycles. The second-order valence-corrected chi connectivity index (χ2v) is 7.36. The highest BCUT2D eigenvalue weighted by Crippen LogP contribution is 2.27. The van der Waals surface area contributed by atoms with E-state index in [1.807, 2.05) is 24.3 Å². The van der Waals surface area contributed by atoms with Crippen molar-refractivity contribution in [2.75, 3.05) is 31.2 Å². The van der Waals surface area contributed by atoms with E-state index >= 15 is 0 Å². The third-order valence-electron chi connectivity index (χ3n) is 5.37. The summed E-state index contributed by atoms with van der Waals surface area (Å²) in [6, 6.07) is 13.2. The minimum atomic E-state index is -0.963. The lowest BCUT2D eigenvalue weighted by molar-refractivity contribution is -0.122. The molecule has 150 valence electrons. The number of piperidine rings is 1. The zero-order valence-electron chi connectivity index (χ0n) is 16.0. The van der Waals surface area contributed by atoms with Crippen LogP contribution in [0.25, 0.3) is 22.0 Å². The van der Waals surface area contributed by atoms with Gasteiger partial charge in [-0.3, -0.25) is 4.79 Å². The Balaban J connectivity index is 1.45. The summed E-state index contributed by atoms with van der Waals surface area (Å²) in [6.07, 6.45) is 3.57. The zero-order chi connectivity index (χ0) is 20.2. The third kappa shape index (κ3) is 4.45. The fraction of sp³-hybridized carbons (Fsp3) is 0.318. The number of nitrogens with one attached hydrogen (secondary N) is 1. The maximum atomic E-state index is 12.3. The molecule has 0 atom stereocenters. The molecule has 4 rings (SSSR count). The van der Waals surface area contributed by atoms with Crippen molar-refractivity contribution in [1.29, 1.82) is 0 Å². The predicted molar refractivity (Wildman–Crippen MR) is 111 cm³/mol. The number of hydrogen-bond acceptors (Lipinski definition) is 5. The van der Waals surface area contributed by atoms with Gasteiger partial charge in [-0.15, -0.1) is 0 Å². The van der Waals surface area contributed by atoms with Gasteiger partial charge < -0.3 is 15.3 Å². The number of nitrogens with zero attached hydrogens (tertiary/aromatic N) is 3. The average Bonchev–Trinajstić information content (AvgIpc) is 2.77. The van der Waals surface area contributed by atoms with Crippen molar-refractivity contribution in [3.05, 3.63) is 48.7 Å². The fourth-order valence-electron chi connectivity index (χ4n) is 3.70. The Morgan fingerprint density at radius 2 is 1.90 bits per heavy atom. The highest BCUT2D eigenvalue weighted by atomic mass is 19.1. The molecular formula is C22H23FN4O2. The standard InChI is InChI=1S/C22H23FN4O2/c23-13-21(29)25-14-15-6-9-27(10-7-15)22-24-8-5-20(26-22)18-2-1-17-12-19(28)4-3-16(17)11-18/h1-5,8,11-12,15,28H,6-7,9-10,13-14H2,(H,25,29). The second kappa shape index (κ2) is 8.43. The quantitative estimate of drug-likeness (QED) is 0.694. The predicted octanol–water partition coefficient (Wildman–Crippen LogP) is 3.30. The molecule has 1 fully saturated rings. The van der Waals surface area contributed by atoms with Crippen molar-refractivity contribution in [1.82, 2.24) is 15.3 Å². The molecule has 2 N–H and O–H groups in total. The van der Waals surface area contributed by atoms with Crippen LogP contribution in [0.1, 0.15) is 12.8 Å². The molecule has 0 radical (unpaired) electrons. The molecule has 3 aromatic rings. The van der Waals surface area contributed by atoms with Gasteiger partial charge >= 0.3 is 0 Å². The average molecular weight is 394 g/mol. The van der Waals surface area contributed by atoms with Crippen LogP contribution >= 0.6 is 0 Å². The van der Waals surface area contributed by atoms with Gasteiger partial charge in [0.2, 0.25) is 5.95 Å². The minimum absolute atomic E-state index is 0.252. The van der Waals surface area contributed by atoms with E-state index in [9.17, 15) is 14.3 Å². The Kier molecular flexibility index (Phi) is 5.55. The number of alkyl halides is 1. The number of hydrogen-bond donors (Lipinski definition) is 2. The number of carbonyl (C=O) groups is 1. The van der Waals surface area contributed by atoms with E-state index in [1.165, 1.54) is 0 Å². The Labute approximate surface area is 168 Å². The van der Waals surface area contributed by atoms with E-state index in [0.717, 1.165) is 48.0 Å². The number of aromatic nitrogens is 2. The van der Waals surface area contributed by atoms with Crippen molar-refractivity contribution in [2.45, 2.75) is 12.8 Å². The van der Waals surface area contributed by atoms with Crippen LogP contribution in [0.5, 0.6) is 5.75 Å². The van der Waals surface area contributed by atoms with Crippen molar-refractivity contribution in [2.24, 2.45) is 5.92 Å². The maximum Gasteiger partial charge on any atom is 0.251 e. The van der Waals surface area contributed by atoms with Crippen LogP contribution in [0.4, 0.5) is 10.3 Å². The zero-order valence-corrected chi connectivity index (χ0v) is 16.0. The lowest BCUT2D eigenvalue weighted by Gasteiger charge is -2.32. The number of aromatic hydroxyl groups is 1. The van der Waals surface area contributed by atoms with E-state index in [2.05, 4.69) is 21.3 Å². The van der Waals surface area contributed by atoms with Crippen LogP contribution in [0.3, 0.4) is 0 Å². The van der Waals surface area contributed by atoms with Crippen molar-refractivity contribution in [3.63, 3.8) is 0 Å². The summed E-state index contributed by atoms with van der Waals surface area (Å²) in [6.45, 7) is 1.16. The number of carbonyl (C=O) groups excluding carboxylic acids is 1. The number of halogens is 1. The van der Waals surface area contributed by atoms with Crippen LogP contribution in [-0.2, 0) is 4.79 Å². The van der Waals surface area contributed by atoms with Gasteiger partial charge in [-0.1, -0.05) is 18.2 Å². The van der Waals surface area contributed by atoms with Crippen molar-refractivity contribution < 1.29 is 14.3 Å². The summed E-state index contributed by atoms with van der Waals surface area (Å²) in [5.41, 5.74) is 1.85. The molecule has 1 aromatic heterocycles. The van der Waals surface area contributed by atoms with Gasteiger partial charge in [-0.25, -0.2) is 14.4 Å². The Morgan fingerprint density at radius 3 is 2.69 bits per heavy atom. The first-order valence-corrected chi connectivity index (χ1v) is 9.76. The largest absolute Gasteiger partial charge is 0.508 e. The molecule has 7 heteroatoms. The lowest BCUT2D eigenvalue weighted by Crippen LogP contribution is -2.39. The van der Waals surface area contributed by atoms with Gasteiger partial charge in [0.05, 0.1) is 5.69 Å². The molecule has 0 bridgehead atoms. The first-order valence-electron chi connectivity index (χ1n) is 9.76. The van der Waals surface area contributed by atoms with Gasteiger partial charge in [0.15, 0.2) is 6.67 Å². The molecular weight excluding hydrogens is 371 g/mol. The Hall–Kier alpha value is -3.22. The SMILES string of the molecule is O=C(CF)NCC1CCN(c2nccc(-c3ccc4cc(O)ccc4c3)n2)CC1. The first kappa shape index (κ1) is 19.1. The summed E-state index contributed by atoms with van der Waals surface area (Å²) in [4.78, 5) is 22.4. The first-order chi connectivity index (χ1) is 14.1. The summed E-state index contributed by atoms with van der Waals surface area (Å²) in [5.74, 6) is 0.748. The molecule has 2 heterocycles. The third-order valence-corrected chi connectivity index (χ3v) is 5.37. The summed E-state index contributed by atoms with van der Waals surface area (Å²) in [7, 11) is 0. The topological polar surface area (TPSA) is 78.4 Å². The molecule has 0 saturated carbocycles. The van der Waals surface area contributed by atoms with Crippen LogP contribution in [0.2, 0.25) is 0 Å². The van der Waals surface area contributed by atoms with E-state index < -0.39 is 12.6 Å². The van der Waals surface area contributed by atoms with Crippen molar-refractivity contribution in [3.8, 4) is 17.0 Å². The molecule has 1 saturated heterocycles. The number of phenols is 1. The molecule has 1 aliphatic rings. The van der Waals surface area contributed by atoms with Crippen LogP contribution in [-0.4, -0.2) is 47.3 Å². The fourth-order valence-corrected chi connectivity index (χ4v) is 3.70. The van der Waals surface area contributed by atoms with E-state index in [1.54, 1.807) is 18.3 Å². The Morgan fingerprint density at radius 1 is 1.14 bits per heavy atom. The number of phenolic OH excluding ortho intramolecular Hbond substituents is 1. The number of amides is 1. The highest BCUT2D eigenvalue weighted by Gasteiger charge is 2.21. The summed E-state index contributed by atoms with van der Waals surface area (Å²) >= 11 is 0. The van der Waals surface area contributed by atoms with Crippen LogP contribution < -0.4 is 10.2 Å². The maximum absolute atomic E-state index is 12.3. The molecule has 2 aromatic carbocycles. The number of fused-ring (bicyclic) bond motifs is 1. The van der Waals surface area contributed by atoms with Crippen LogP contribution in [0, 0.1) is 5.92 Å². The normalized spacial score (nSPS) is 14.9. The number of rotatable bonds is 5. The van der Waals surface area contributed by atoms with E-state index in [0.29, 0.717) is 18.4 Å². The molecule has 6 nitrogen and oxygen atoms in total.